The Hall–Kier alpha value is -1.73. The molecule has 0 bridgehead atoms. The molecule has 2 aromatic rings. The van der Waals surface area contributed by atoms with Crippen molar-refractivity contribution in [2.45, 2.75) is 58.3 Å². The number of carbonyl (C=O) groups excluding carboxylic acids is 1. The molecule has 6 nitrogen and oxygen atoms in total. The van der Waals surface area contributed by atoms with Crippen LogP contribution in [-0.2, 0) is 30.7 Å². The van der Waals surface area contributed by atoms with E-state index in [0.29, 0.717) is 6.54 Å². The number of rotatable bonds is 6. The Labute approximate surface area is 140 Å². The SMILES string of the molecule is CCc1nnc2n1CC(NC(C)C(=O)NCc1cccs1)CC2. The van der Waals surface area contributed by atoms with E-state index in [1.807, 2.05) is 24.4 Å². The zero-order chi connectivity index (χ0) is 16.2. The quantitative estimate of drug-likeness (QED) is 0.841. The molecule has 3 heterocycles. The van der Waals surface area contributed by atoms with Crippen molar-refractivity contribution in [1.82, 2.24) is 25.4 Å². The van der Waals surface area contributed by atoms with Gasteiger partial charge in [0.25, 0.3) is 0 Å². The minimum absolute atomic E-state index is 0.0451. The lowest BCUT2D eigenvalue weighted by molar-refractivity contribution is -0.123. The molecule has 0 saturated carbocycles. The fraction of sp³-hybridized carbons (Fsp3) is 0.562. The molecule has 1 aliphatic rings. The minimum atomic E-state index is -0.205. The van der Waals surface area contributed by atoms with E-state index in [0.717, 1.165) is 37.5 Å². The zero-order valence-corrected chi connectivity index (χ0v) is 14.4. The van der Waals surface area contributed by atoms with Gasteiger partial charge in [0.15, 0.2) is 0 Å². The summed E-state index contributed by atoms with van der Waals surface area (Å²) in [5.74, 6) is 2.14. The second kappa shape index (κ2) is 7.23. The fourth-order valence-corrected chi connectivity index (χ4v) is 3.59. The maximum atomic E-state index is 12.2. The van der Waals surface area contributed by atoms with Crippen molar-refractivity contribution in [3.63, 3.8) is 0 Å². The Morgan fingerprint density at radius 1 is 1.52 bits per heavy atom. The summed E-state index contributed by atoms with van der Waals surface area (Å²) < 4.78 is 2.19. The van der Waals surface area contributed by atoms with Gasteiger partial charge in [-0.3, -0.25) is 4.79 Å². The summed E-state index contributed by atoms with van der Waals surface area (Å²) in [4.78, 5) is 13.4. The normalized spacial score (nSPS) is 18.4. The summed E-state index contributed by atoms with van der Waals surface area (Å²) in [7, 11) is 0. The zero-order valence-electron chi connectivity index (χ0n) is 13.6. The van der Waals surface area contributed by atoms with Crippen LogP contribution in [0.3, 0.4) is 0 Å². The van der Waals surface area contributed by atoms with Crippen molar-refractivity contribution in [1.29, 1.82) is 0 Å². The molecule has 0 aromatic carbocycles. The third kappa shape index (κ3) is 3.79. The van der Waals surface area contributed by atoms with Gasteiger partial charge in [0.1, 0.15) is 11.6 Å². The molecular weight excluding hydrogens is 310 g/mol. The van der Waals surface area contributed by atoms with E-state index in [4.69, 9.17) is 0 Å². The molecule has 0 spiro atoms. The van der Waals surface area contributed by atoms with Gasteiger partial charge in [-0.25, -0.2) is 0 Å². The summed E-state index contributed by atoms with van der Waals surface area (Å²) in [6.07, 6.45) is 2.79. The highest BCUT2D eigenvalue weighted by Crippen LogP contribution is 2.16. The van der Waals surface area contributed by atoms with Crippen molar-refractivity contribution in [3.8, 4) is 0 Å². The summed E-state index contributed by atoms with van der Waals surface area (Å²) in [6, 6.07) is 4.11. The highest BCUT2D eigenvalue weighted by atomic mass is 32.1. The Morgan fingerprint density at radius 2 is 2.39 bits per heavy atom. The predicted octanol–water partition coefficient (Wildman–Crippen LogP) is 1.51. The molecule has 0 radical (unpaired) electrons. The van der Waals surface area contributed by atoms with Crippen LogP contribution in [0.5, 0.6) is 0 Å². The number of fused-ring (bicyclic) bond motifs is 1. The Morgan fingerprint density at radius 3 is 3.13 bits per heavy atom. The smallest absolute Gasteiger partial charge is 0.237 e. The molecule has 2 N–H and O–H groups in total. The van der Waals surface area contributed by atoms with Crippen LogP contribution in [0.25, 0.3) is 0 Å². The van der Waals surface area contributed by atoms with Crippen LogP contribution < -0.4 is 10.6 Å². The Bertz CT molecular complexity index is 638. The molecule has 7 heteroatoms. The summed E-state index contributed by atoms with van der Waals surface area (Å²) in [5, 5.41) is 16.9. The third-order valence-corrected chi connectivity index (χ3v) is 5.11. The van der Waals surface area contributed by atoms with Gasteiger partial charge in [-0.15, -0.1) is 21.5 Å². The molecule has 0 aliphatic carbocycles. The molecule has 2 aromatic heterocycles. The van der Waals surface area contributed by atoms with Crippen molar-refractivity contribution >= 4 is 17.2 Å². The lowest BCUT2D eigenvalue weighted by Crippen LogP contribution is -2.49. The predicted molar refractivity (Wildman–Crippen MR) is 90.3 cm³/mol. The van der Waals surface area contributed by atoms with Gasteiger partial charge < -0.3 is 15.2 Å². The van der Waals surface area contributed by atoms with E-state index in [1.54, 1.807) is 11.3 Å². The molecule has 3 rings (SSSR count). The van der Waals surface area contributed by atoms with Crippen LogP contribution in [-0.4, -0.2) is 32.8 Å². The highest BCUT2D eigenvalue weighted by Gasteiger charge is 2.25. The molecule has 1 amide bonds. The average Bonchev–Trinajstić information content (AvgIpc) is 3.21. The molecule has 2 atom stereocenters. The number of aromatic nitrogens is 3. The first-order valence-corrected chi connectivity index (χ1v) is 9.02. The van der Waals surface area contributed by atoms with E-state index in [1.165, 1.54) is 4.88 Å². The van der Waals surface area contributed by atoms with Crippen LogP contribution >= 0.6 is 11.3 Å². The molecule has 1 aliphatic heterocycles. The molecule has 0 saturated heterocycles. The van der Waals surface area contributed by atoms with E-state index in [9.17, 15) is 4.79 Å². The van der Waals surface area contributed by atoms with Crippen LogP contribution in [0.4, 0.5) is 0 Å². The third-order valence-electron chi connectivity index (χ3n) is 4.24. The monoisotopic (exact) mass is 333 g/mol. The number of hydrogen-bond acceptors (Lipinski definition) is 5. The van der Waals surface area contributed by atoms with E-state index in [2.05, 4.69) is 32.3 Å². The summed E-state index contributed by atoms with van der Waals surface area (Å²) in [6.45, 7) is 5.46. The van der Waals surface area contributed by atoms with Crippen molar-refractivity contribution < 1.29 is 4.79 Å². The first-order valence-electron chi connectivity index (χ1n) is 8.14. The van der Waals surface area contributed by atoms with Gasteiger partial charge in [0.05, 0.1) is 12.6 Å². The number of thiophene rings is 1. The van der Waals surface area contributed by atoms with Crippen LogP contribution in [0.1, 0.15) is 36.8 Å². The van der Waals surface area contributed by atoms with Crippen LogP contribution in [0.2, 0.25) is 0 Å². The minimum Gasteiger partial charge on any atom is -0.350 e. The maximum absolute atomic E-state index is 12.2. The lowest BCUT2D eigenvalue weighted by Gasteiger charge is -2.27. The summed E-state index contributed by atoms with van der Waals surface area (Å²) >= 11 is 1.66. The topological polar surface area (TPSA) is 71.8 Å². The van der Waals surface area contributed by atoms with Gasteiger partial charge >= 0.3 is 0 Å². The van der Waals surface area contributed by atoms with Gasteiger partial charge in [-0.2, -0.15) is 0 Å². The summed E-state index contributed by atoms with van der Waals surface area (Å²) in [5.41, 5.74) is 0. The van der Waals surface area contributed by atoms with E-state index >= 15 is 0 Å². The van der Waals surface area contributed by atoms with Gasteiger partial charge in [0, 0.05) is 30.3 Å². The maximum Gasteiger partial charge on any atom is 0.237 e. The Kier molecular flexibility index (Phi) is 5.07. The fourth-order valence-electron chi connectivity index (χ4n) is 2.95. The molecule has 23 heavy (non-hydrogen) atoms. The highest BCUT2D eigenvalue weighted by molar-refractivity contribution is 7.09. The number of nitrogens with one attached hydrogen (secondary N) is 2. The molecule has 0 fully saturated rings. The number of carbonyl (C=O) groups is 1. The van der Waals surface area contributed by atoms with Gasteiger partial charge in [-0.05, 0) is 24.8 Å². The largest absolute Gasteiger partial charge is 0.350 e. The van der Waals surface area contributed by atoms with Crippen molar-refractivity contribution in [2.75, 3.05) is 0 Å². The van der Waals surface area contributed by atoms with E-state index in [-0.39, 0.29) is 18.0 Å². The first-order chi connectivity index (χ1) is 11.2. The average molecular weight is 333 g/mol. The Balaban J connectivity index is 1.51. The second-order valence-electron chi connectivity index (χ2n) is 5.92. The standard InChI is InChI=1S/C16H23N5OS/c1-3-14-19-20-15-7-6-12(10-21(14)15)18-11(2)16(22)17-9-13-5-4-8-23-13/h4-5,8,11-12,18H,3,6-7,9-10H2,1-2H3,(H,17,22). The van der Waals surface area contributed by atoms with Crippen LogP contribution in [0, 0.1) is 0 Å². The van der Waals surface area contributed by atoms with Gasteiger partial charge in [-0.1, -0.05) is 13.0 Å². The van der Waals surface area contributed by atoms with Crippen LogP contribution in [0.15, 0.2) is 17.5 Å². The van der Waals surface area contributed by atoms with Gasteiger partial charge in [0.2, 0.25) is 5.91 Å². The number of nitrogens with zero attached hydrogens (tertiary/aromatic N) is 3. The van der Waals surface area contributed by atoms with Crippen molar-refractivity contribution in [2.24, 2.45) is 0 Å². The first kappa shape index (κ1) is 16.1. The van der Waals surface area contributed by atoms with E-state index < -0.39 is 0 Å². The molecular formula is C16H23N5OS. The number of hydrogen-bond donors (Lipinski definition) is 2. The molecule has 124 valence electrons. The second-order valence-corrected chi connectivity index (χ2v) is 6.95. The molecule has 2 unspecified atom stereocenters. The number of aryl methyl sites for hydroxylation is 2. The number of amides is 1. The van der Waals surface area contributed by atoms with Crippen molar-refractivity contribution in [3.05, 3.63) is 34.0 Å². The lowest BCUT2D eigenvalue weighted by atomic mass is 10.1.